The van der Waals surface area contributed by atoms with Crippen LogP contribution in [-0.4, -0.2) is 10.5 Å². The van der Waals surface area contributed by atoms with E-state index in [-0.39, 0.29) is 17.6 Å². The van der Waals surface area contributed by atoms with Crippen molar-refractivity contribution in [2.24, 2.45) is 0 Å². The van der Waals surface area contributed by atoms with Crippen molar-refractivity contribution in [1.82, 2.24) is 4.57 Å². The predicted octanol–water partition coefficient (Wildman–Crippen LogP) is 4.08. The SMILES string of the molecule is Cc1cc(C(=O)Nc2ccccc2F)c(C)n1C(C)C. The molecule has 0 spiro atoms. The van der Waals surface area contributed by atoms with Crippen molar-refractivity contribution in [3.8, 4) is 0 Å². The lowest BCUT2D eigenvalue weighted by Crippen LogP contribution is -2.14. The number of benzene rings is 1. The van der Waals surface area contributed by atoms with Crippen LogP contribution < -0.4 is 5.32 Å². The zero-order valence-electron chi connectivity index (χ0n) is 12.2. The Morgan fingerprint density at radius 3 is 2.45 bits per heavy atom. The van der Waals surface area contributed by atoms with Gasteiger partial charge in [-0.15, -0.1) is 0 Å². The summed E-state index contributed by atoms with van der Waals surface area (Å²) in [6.07, 6.45) is 0. The summed E-state index contributed by atoms with van der Waals surface area (Å²) in [6.45, 7) is 8.01. The Balaban J connectivity index is 2.31. The van der Waals surface area contributed by atoms with E-state index in [0.717, 1.165) is 11.4 Å². The number of nitrogens with zero attached hydrogens (tertiary/aromatic N) is 1. The topological polar surface area (TPSA) is 34.0 Å². The first-order valence-electron chi connectivity index (χ1n) is 6.66. The van der Waals surface area contributed by atoms with Gasteiger partial charge in [0.05, 0.1) is 11.3 Å². The minimum absolute atomic E-state index is 0.201. The number of hydrogen-bond donors (Lipinski definition) is 1. The molecule has 1 aromatic heterocycles. The van der Waals surface area contributed by atoms with Crippen LogP contribution in [0.2, 0.25) is 0 Å². The third-order valence-corrected chi connectivity index (χ3v) is 3.37. The fourth-order valence-corrected chi connectivity index (χ4v) is 2.55. The second kappa shape index (κ2) is 5.49. The predicted molar refractivity (Wildman–Crippen MR) is 78.6 cm³/mol. The van der Waals surface area contributed by atoms with Gasteiger partial charge >= 0.3 is 0 Å². The molecule has 0 aliphatic carbocycles. The standard InChI is InChI=1S/C16H19FN2O/c1-10(2)19-11(3)9-13(12(19)4)16(20)18-15-8-6-5-7-14(15)17/h5-10H,1-4H3,(H,18,20). The van der Waals surface area contributed by atoms with Gasteiger partial charge in [-0.3, -0.25) is 4.79 Å². The molecule has 1 N–H and O–H groups in total. The number of anilines is 1. The van der Waals surface area contributed by atoms with Crippen molar-refractivity contribution in [2.75, 3.05) is 5.32 Å². The van der Waals surface area contributed by atoms with E-state index in [1.807, 2.05) is 19.9 Å². The molecule has 106 valence electrons. The number of aryl methyl sites for hydroxylation is 1. The quantitative estimate of drug-likeness (QED) is 0.899. The second-order valence-electron chi connectivity index (χ2n) is 5.18. The molecule has 1 aromatic carbocycles. The van der Waals surface area contributed by atoms with Crippen molar-refractivity contribution in [3.63, 3.8) is 0 Å². The number of para-hydroxylation sites is 1. The average molecular weight is 274 g/mol. The van der Waals surface area contributed by atoms with Crippen LogP contribution in [0.1, 0.15) is 41.6 Å². The van der Waals surface area contributed by atoms with Crippen LogP contribution >= 0.6 is 0 Å². The Hall–Kier alpha value is -2.10. The number of rotatable bonds is 3. The highest BCUT2D eigenvalue weighted by molar-refractivity contribution is 6.05. The summed E-state index contributed by atoms with van der Waals surface area (Å²) in [5.74, 6) is -0.714. The van der Waals surface area contributed by atoms with E-state index >= 15 is 0 Å². The summed E-state index contributed by atoms with van der Waals surface area (Å²) in [6, 6.07) is 8.28. The van der Waals surface area contributed by atoms with Crippen LogP contribution in [0.3, 0.4) is 0 Å². The molecule has 20 heavy (non-hydrogen) atoms. The Bertz CT molecular complexity index is 644. The molecular weight excluding hydrogens is 255 g/mol. The third kappa shape index (κ3) is 2.59. The van der Waals surface area contributed by atoms with Gasteiger partial charge in [0.1, 0.15) is 5.82 Å². The second-order valence-corrected chi connectivity index (χ2v) is 5.18. The van der Waals surface area contributed by atoms with Gasteiger partial charge < -0.3 is 9.88 Å². The van der Waals surface area contributed by atoms with E-state index in [2.05, 4.69) is 23.7 Å². The summed E-state index contributed by atoms with van der Waals surface area (Å²) in [7, 11) is 0. The lowest BCUT2D eigenvalue weighted by molar-refractivity contribution is 0.102. The summed E-state index contributed by atoms with van der Waals surface area (Å²) in [5.41, 5.74) is 2.70. The number of amides is 1. The Kier molecular flexibility index (Phi) is 3.93. The molecule has 0 atom stereocenters. The van der Waals surface area contributed by atoms with E-state index in [4.69, 9.17) is 0 Å². The van der Waals surface area contributed by atoms with Gasteiger partial charge in [-0.1, -0.05) is 12.1 Å². The molecule has 1 heterocycles. The molecule has 0 bridgehead atoms. The molecular formula is C16H19FN2O. The van der Waals surface area contributed by atoms with Crippen molar-refractivity contribution in [2.45, 2.75) is 33.7 Å². The van der Waals surface area contributed by atoms with Crippen molar-refractivity contribution in [1.29, 1.82) is 0 Å². The first-order chi connectivity index (χ1) is 9.41. The van der Waals surface area contributed by atoms with Gasteiger partial charge in [-0.2, -0.15) is 0 Å². The Labute approximate surface area is 118 Å². The summed E-state index contributed by atoms with van der Waals surface area (Å²) in [5, 5.41) is 2.62. The fourth-order valence-electron chi connectivity index (χ4n) is 2.55. The zero-order valence-corrected chi connectivity index (χ0v) is 12.2. The minimum Gasteiger partial charge on any atom is -0.346 e. The fraction of sp³-hybridized carbons (Fsp3) is 0.312. The molecule has 3 nitrogen and oxygen atoms in total. The molecule has 0 unspecified atom stereocenters. The normalized spacial score (nSPS) is 10.9. The summed E-state index contributed by atoms with van der Waals surface area (Å²) < 4.78 is 15.7. The molecule has 1 amide bonds. The van der Waals surface area contributed by atoms with Crippen LogP contribution in [0.5, 0.6) is 0 Å². The van der Waals surface area contributed by atoms with Gasteiger partial charge in [0.2, 0.25) is 0 Å². The van der Waals surface area contributed by atoms with E-state index in [9.17, 15) is 9.18 Å². The van der Waals surface area contributed by atoms with Crippen LogP contribution in [0.15, 0.2) is 30.3 Å². The van der Waals surface area contributed by atoms with Crippen LogP contribution in [0.25, 0.3) is 0 Å². The monoisotopic (exact) mass is 274 g/mol. The van der Waals surface area contributed by atoms with Gasteiger partial charge in [-0.05, 0) is 45.9 Å². The third-order valence-electron chi connectivity index (χ3n) is 3.37. The lowest BCUT2D eigenvalue weighted by Gasteiger charge is -2.13. The van der Waals surface area contributed by atoms with Crippen LogP contribution in [0.4, 0.5) is 10.1 Å². The highest BCUT2D eigenvalue weighted by Crippen LogP contribution is 2.22. The maximum absolute atomic E-state index is 13.6. The Morgan fingerprint density at radius 1 is 1.25 bits per heavy atom. The number of carbonyl (C=O) groups excluding carboxylic acids is 1. The summed E-state index contributed by atoms with van der Waals surface area (Å²) in [4.78, 5) is 12.3. The van der Waals surface area contributed by atoms with E-state index in [1.54, 1.807) is 18.2 Å². The van der Waals surface area contributed by atoms with E-state index in [1.165, 1.54) is 6.07 Å². The van der Waals surface area contributed by atoms with Gasteiger partial charge in [0.15, 0.2) is 0 Å². The molecule has 0 fully saturated rings. The highest BCUT2D eigenvalue weighted by atomic mass is 19.1. The first-order valence-corrected chi connectivity index (χ1v) is 6.66. The van der Waals surface area contributed by atoms with E-state index in [0.29, 0.717) is 5.56 Å². The number of nitrogens with one attached hydrogen (secondary N) is 1. The Morgan fingerprint density at radius 2 is 1.90 bits per heavy atom. The van der Waals surface area contributed by atoms with Crippen molar-refractivity contribution < 1.29 is 9.18 Å². The molecule has 0 aliphatic heterocycles. The molecule has 0 radical (unpaired) electrons. The van der Waals surface area contributed by atoms with Crippen LogP contribution in [-0.2, 0) is 0 Å². The molecule has 0 saturated heterocycles. The zero-order chi connectivity index (χ0) is 14.9. The number of halogens is 1. The first kappa shape index (κ1) is 14.3. The number of aromatic nitrogens is 1. The molecule has 2 aromatic rings. The van der Waals surface area contributed by atoms with Crippen molar-refractivity contribution >= 4 is 11.6 Å². The van der Waals surface area contributed by atoms with Gasteiger partial charge in [0.25, 0.3) is 5.91 Å². The molecule has 2 rings (SSSR count). The van der Waals surface area contributed by atoms with E-state index < -0.39 is 5.82 Å². The lowest BCUT2D eigenvalue weighted by atomic mass is 10.2. The van der Waals surface area contributed by atoms with Crippen molar-refractivity contribution in [3.05, 3.63) is 53.1 Å². The maximum atomic E-state index is 13.6. The number of hydrogen-bond acceptors (Lipinski definition) is 1. The average Bonchev–Trinajstić information content (AvgIpc) is 2.67. The molecule has 0 saturated carbocycles. The highest BCUT2D eigenvalue weighted by Gasteiger charge is 2.17. The summed E-state index contributed by atoms with van der Waals surface area (Å²) >= 11 is 0. The molecule has 4 heteroatoms. The minimum atomic E-state index is -0.432. The van der Waals surface area contributed by atoms with Gasteiger partial charge in [-0.25, -0.2) is 4.39 Å². The number of carbonyl (C=O) groups is 1. The smallest absolute Gasteiger partial charge is 0.257 e. The maximum Gasteiger partial charge on any atom is 0.257 e. The molecule has 0 aliphatic rings. The van der Waals surface area contributed by atoms with Gasteiger partial charge in [0, 0.05) is 17.4 Å². The largest absolute Gasteiger partial charge is 0.346 e. The van der Waals surface area contributed by atoms with Crippen LogP contribution in [0, 0.1) is 19.7 Å².